The zero-order valence-corrected chi connectivity index (χ0v) is 12.0. The number of likely N-dealkylation sites (tertiary alicyclic amines) is 1. The lowest BCUT2D eigenvalue weighted by atomic mass is 9.84. The van der Waals surface area contributed by atoms with Gasteiger partial charge in [-0.25, -0.2) is 9.59 Å². The average molecular weight is 283 g/mol. The molecule has 1 aliphatic carbocycles. The standard InChI is InChI=1S/C14H21NO5/c1-14(2,3)20-12(16)15-7-9-5-4-6-11(10(9)8-15)19-13(17)18/h4-5,9-11H,6-8H2,1-3H3,(H,17,18). The van der Waals surface area contributed by atoms with Crippen molar-refractivity contribution in [3.63, 3.8) is 0 Å². The number of hydrogen-bond acceptors (Lipinski definition) is 4. The lowest BCUT2D eigenvalue weighted by Gasteiger charge is -2.27. The van der Waals surface area contributed by atoms with Crippen LogP contribution in [0.3, 0.4) is 0 Å². The predicted molar refractivity (Wildman–Crippen MR) is 71.4 cm³/mol. The summed E-state index contributed by atoms with van der Waals surface area (Å²) in [4.78, 5) is 24.4. The molecular weight excluding hydrogens is 262 g/mol. The summed E-state index contributed by atoms with van der Waals surface area (Å²) in [6, 6.07) is 0. The zero-order valence-electron chi connectivity index (χ0n) is 12.0. The Morgan fingerprint density at radius 1 is 1.30 bits per heavy atom. The molecule has 112 valence electrons. The first kappa shape index (κ1) is 14.7. The molecule has 1 fully saturated rings. The minimum atomic E-state index is -1.26. The Balaban J connectivity index is 2.01. The predicted octanol–water partition coefficient (Wildman–Crippen LogP) is 2.49. The van der Waals surface area contributed by atoms with Crippen LogP contribution in [-0.4, -0.2) is 47.0 Å². The first-order valence-electron chi connectivity index (χ1n) is 6.80. The van der Waals surface area contributed by atoms with E-state index in [1.165, 1.54) is 0 Å². The lowest BCUT2D eigenvalue weighted by molar-refractivity contribution is 0.0154. The summed E-state index contributed by atoms with van der Waals surface area (Å²) in [5.74, 6) is 0.157. The topological polar surface area (TPSA) is 76.1 Å². The van der Waals surface area contributed by atoms with Gasteiger partial charge in [0.15, 0.2) is 0 Å². The van der Waals surface area contributed by atoms with Gasteiger partial charge in [0, 0.05) is 31.3 Å². The van der Waals surface area contributed by atoms with Gasteiger partial charge < -0.3 is 19.5 Å². The zero-order chi connectivity index (χ0) is 14.9. The van der Waals surface area contributed by atoms with Gasteiger partial charge in [-0.15, -0.1) is 0 Å². The second-order valence-corrected chi connectivity index (χ2v) is 6.30. The molecule has 3 unspecified atom stereocenters. The number of carbonyl (C=O) groups excluding carboxylic acids is 1. The molecule has 1 amide bonds. The van der Waals surface area contributed by atoms with Gasteiger partial charge in [0.1, 0.15) is 11.7 Å². The Morgan fingerprint density at radius 2 is 2.00 bits per heavy atom. The molecule has 0 radical (unpaired) electrons. The summed E-state index contributed by atoms with van der Waals surface area (Å²) in [7, 11) is 0. The van der Waals surface area contributed by atoms with Crippen LogP contribution in [0, 0.1) is 11.8 Å². The van der Waals surface area contributed by atoms with E-state index in [9.17, 15) is 9.59 Å². The molecule has 1 heterocycles. The maximum Gasteiger partial charge on any atom is 0.506 e. The smallest absolute Gasteiger partial charge is 0.450 e. The van der Waals surface area contributed by atoms with E-state index in [0.717, 1.165) is 0 Å². The van der Waals surface area contributed by atoms with Gasteiger partial charge in [-0.05, 0) is 20.8 Å². The van der Waals surface area contributed by atoms with Crippen molar-refractivity contribution in [1.29, 1.82) is 0 Å². The van der Waals surface area contributed by atoms with Crippen LogP contribution >= 0.6 is 0 Å². The van der Waals surface area contributed by atoms with Crippen LogP contribution in [0.2, 0.25) is 0 Å². The maximum absolute atomic E-state index is 12.1. The molecule has 1 aliphatic heterocycles. The van der Waals surface area contributed by atoms with E-state index in [-0.39, 0.29) is 24.0 Å². The number of ether oxygens (including phenoxy) is 2. The molecule has 0 spiro atoms. The summed E-state index contributed by atoms with van der Waals surface area (Å²) in [6.45, 7) is 6.50. The van der Waals surface area contributed by atoms with Crippen LogP contribution in [0.4, 0.5) is 9.59 Å². The number of rotatable bonds is 1. The number of amides is 1. The molecule has 2 rings (SSSR count). The molecule has 6 heteroatoms. The Kier molecular flexibility index (Phi) is 3.92. The van der Waals surface area contributed by atoms with Crippen molar-refractivity contribution in [2.45, 2.75) is 38.9 Å². The number of hydrogen-bond donors (Lipinski definition) is 1. The van der Waals surface area contributed by atoms with Gasteiger partial charge in [-0.3, -0.25) is 0 Å². The van der Waals surface area contributed by atoms with E-state index in [1.54, 1.807) is 4.90 Å². The van der Waals surface area contributed by atoms with Gasteiger partial charge in [0.2, 0.25) is 0 Å². The average Bonchev–Trinajstić information content (AvgIpc) is 2.70. The lowest BCUT2D eigenvalue weighted by Crippen LogP contribution is -2.37. The van der Waals surface area contributed by atoms with Crippen LogP contribution in [0.1, 0.15) is 27.2 Å². The summed E-state index contributed by atoms with van der Waals surface area (Å²) < 4.78 is 10.3. The Bertz CT molecular complexity index is 426. The van der Waals surface area contributed by atoms with Crippen molar-refractivity contribution in [2.24, 2.45) is 11.8 Å². The molecule has 0 aromatic carbocycles. The maximum atomic E-state index is 12.1. The van der Waals surface area contributed by atoms with Gasteiger partial charge in [-0.2, -0.15) is 0 Å². The van der Waals surface area contributed by atoms with E-state index in [2.05, 4.69) is 0 Å². The molecule has 0 saturated carbocycles. The van der Waals surface area contributed by atoms with Crippen molar-refractivity contribution >= 4 is 12.2 Å². The van der Waals surface area contributed by atoms with Crippen LogP contribution in [0.15, 0.2) is 12.2 Å². The van der Waals surface area contributed by atoms with E-state index >= 15 is 0 Å². The molecule has 20 heavy (non-hydrogen) atoms. The van der Waals surface area contributed by atoms with Crippen molar-refractivity contribution < 1.29 is 24.2 Å². The monoisotopic (exact) mass is 283 g/mol. The summed E-state index contributed by atoms with van der Waals surface area (Å²) in [6.07, 6.45) is 2.53. The molecule has 0 aromatic heterocycles. The Morgan fingerprint density at radius 3 is 2.60 bits per heavy atom. The third-order valence-corrected chi connectivity index (χ3v) is 3.55. The SMILES string of the molecule is CC(C)(C)OC(=O)N1CC2C=CCC(OC(=O)O)C2C1. The molecule has 0 bridgehead atoms. The summed E-state index contributed by atoms with van der Waals surface area (Å²) in [5, 5.41) is 8.76. The van der Waals surface area contributed by atoms with Crippen LogP contribution in [0.5, 0.6) is 0 Å². The number of nitrogens with zero attached hydrogens (tertiary/aromatic N) is 1. The fourth-order valence-corrected chi connectivity index (χ4v) is 2.75. The van der Waals surface area contributed by atoms with E-state index < -0.39 is 11.8 Å². The molecule has 6 nitrogen and oxygen atoms in total. The highest BCUT2D eigenvalue weighted by atomic mass is 16.7. The number of carbonyl (C=O) groups is 2. The van der Waals surface area contributed by atoms with Gasteiger partial charge in [-0.1, -0.05) is 12.2 Å². The van der Waals surface area contributed by atoms with Gasteiger partial charge in [0.05, 0.1) is 0 Å². The molecular formula is C14H21NO5. The van der Waals surface area contributed by atoms with E-state index in [0.29, 0.717) is 19.5 Å². The second kappa shape index (κ2) is 5.34. The molecule has 1 N–H and O–H groups in total. The summed E-state index contributed by atoms with van der Waals surface area (Å²) >= 11 is 0. The third-order valence-electron chi connectivity index (χ3n) is 3.55. The largest absolute Gasteiger partial charge is 0.506 e. The van der Waals surface area contributed by atoms with Gasteiger partial charge >= 0.3 is 12.2 Å². The molecule has 2 aliphatic rings. The van der Waals surface area contributed by atoms with Crippen LogP contribution < -0.4 is 0 Å². The van der Waals surface area contributed by atoms with E-state index in [1.807, 2.05) is 32.9 Å². The first-order valence-corrected chi connectivity index (χ1v) is 6.80. The second-order valence-electron chi connectivity index (χ2n) is 6.30. The fourth-order valence-electron chi connectivity index (χ4n) is 2.75. The molecule has 3 atom stereocenters. The van der Waals surface area contributed by atoms with Crippen LogP contribution in [-0.2, 0) is 9.47 Å². The van der Waals surface area contributed by atoms with Crippen molar-refractivity contribution in [3.05, 3.63) is 12.2 Å². The third kappa shape index (κ3) is 3.43. The normalized spacial score (nSPS) is 28.9. The number of fused-ring (bicyclic) bond motifs is 1. The fraction of sp³-hybridized carbons (Fsp3) is 0.714. The van der Waals surface area contributed by atoms with Crippen LogP contribution in [0.25, 0.3) is 0 Å². The molecule has 1 saturated heterocycles. The van der Waals surface area contributed by atoms with Crippen molar-refractivity contribution in [3.8, 4) is 0 Å². The van der Waals surface area contributed by atoms with Gasteiger partial charge in [0.25, 0.3) is 0 Å². The Labute approximate surface area is 118 Å². The first-order chi connectivity index (χ1) is 9.26. The quantitative estimate of drug-likeness (QED) is 0.591. The molecule has 0 aromatic rings. The highest BCUT2D eigenvalue weighted by Gasteiger charge is 2.42. The summed E-state index contributed by atoms with van der Waals surface area (Å²) in [5.41, 5.74) is -0.530. The minimum absolute atomic E-state index is 0.0172. The van der Waals surface area contributed by atoms with E-state index in [4.69, 9.17) is 14.6 Å². The number of carboxylic acid groups (broad SMARTS) is 1. The van der Waals surface area contributed by atoms with Crippen molar-refractivity contribution in [1.82, 2.24) is 4.90 Å². The van der Waals surface area contributed by atoms with Crippen molar-refractivity contribution in [2.75, 3.05) is 13.1 Å². The minimum Gasteiger partial charge on any atom is -0.450 e. The highest BCUT2D eigenvalue weighted by Crippen LogP contribution is 2.34. The highest BCUT2D eigenvalue weighted by molar-refractivity contribution is 5.68. The Hall–Kier alpha value is -1.72.